The van der Waals surface area contributed by atoms with E-state index in [0.717, 1.165) is 17.7 Å². The van der Waals surface area contributed by atoms with E-state index in [2.05, 4.69) is 5.16 Å². The molecule has 0 amide bonds. The van der Waals surface area contributed by atoms with Crippen molar-refractivity contribution in [3.8, 4) is 0 Å². The Morgan fingerprint density at radius 2 is 2.11 bits per heavy atom. The van der Waals surface area contributed by atoms with Gasteiger partial charge in [-0.05, 0) is 37.0 Å². The number of hydrogen-bond donors (Lipinski definition) is 1. The van der Waals surface area contributed by atoms with Crippen molar-refractivity contribution in [3.63, 3.8) is 0 Å². The molecule has 0 heterocycles. The highest BCUT2D eigenvalue weighted by molar-refractivity contribution is 6.30. The van der Waals surface area contributed by atoms with Gasteiger partial charge in [0.05, 0.1) is 9.82 Å². The van der Waals surface area contributed by atoms with Crippen LogP contribution in [0.2, 0.25) is 5.02 Å². The van der Waals surface area contributed by atoms with Crippen LogP contribution in [0, 0.1) is 0 Å². The molecule has 0 saturated carbocycles. The number of methoxy groups -OCH3 is 1. The summed E-state index contributed by atoms with van der Waals surface area (Å²) in [6.07, 6.45) is 2.02. The normalized spacial score (nSPS) is 14.6. The number of benzene rings is 1. The maximum atomic E-state index is 6.96. The van der Waals surface area contributed by atoms with Gasteiger partial charge in [-0.3, -0.25) is 0 Å². The van der Waals surface area contributed by atoms with Crippen LogP contribution in [0.15, 0.2) is 29.4 Å². The molecule has 19 heavy (non-hydrogen) atoms. The monoisotopic (exact) mass is 287 g/mol. The largest absolute Gasteiger partial charge is 0.394 e. The van der Waals surface area contributed by atoms with Crippen LogP contribution >= 0.6 is 11.6 Å². The van der Waals surface area contributed by atoms with E-state index in [-0.39, 0.29) is 6.61 Å². The SMILES string of the molecule is [2H]C([2H])([2H])OCCCC/C(=N\OCCN)c1ccc(Cl)cc1. The molecule has 1 rings (SSSR count). The van der Waals surface area contributed by atoms with Gasteiger partial charge in [-0.2, -0.15) is 0 Å². The van der Waals surface area contributed by atoms with Crippen LogP contribution in [0.1, 0.15) is 28.9 Å². The fourth-order valence-corrected chi connectivity index (χ4v) is 1.65. The molecule has 0 aromatic heterocycles. The van der Waals surface area contributed by atoms with Crippen molar-refractivity contribution in [1.82, 2.24) is 0 Å². The number of unbranched alkanes of at least 4 members (excludes halogenated alkanes) is 1. The van der Waals surface area contributed by atoms with Crippen LogP contribution in [0.3, 0.4) is 0 Å². The maximum Gasteiger partial charge on any atom is 0.129 e. The van der Waals surface area contributed by atoms with Crippen LogP contribution in [-0.2, 0) is 9.57 Å². The zero-order chi connectivity index (χ0) is 16.4. The fourth-order valence-electron chi connectivity index (χ4n) is 1.53. The summed E-state index contributed by atoms with van der Waals surface area (Å²) < 4.78 is 25.6. The highest BCUT2D eigenvalue weighted by atomic mass is 35.5. The van der Waals surface area contributed by atoms with Crippen molar-refractivity contribution in [3.05, 3.63) is 34.9 Å². The summed E-state index contributed by atoms with van der Waals surface area (Å²) in [7, 11) is -2.34. The Bertz CT molecular complexity index is 464. The van der Waals surface area contributed by atoms with Gasteiger partial charge in [0.1, 0.15) is 6.61 Å². The molecule has 5 heteroatoms. The number of nitrogens with zero attached hydrogens (tertiary/aromatic N) is 1. The molecule has 1 aromatic carbocycles. The Labute approximate surface area is 123 Å². The number of ether oxygens (including phenoxy) is 1. The standard InChI is InChI=1S/C14H21ClN2O2/c1-18-10-3-2-4-14(17-19-11-9-16)12-5-7-13(15)8-6-12/h5-8H,2-4,9-11,16H2,1H3/b17-14+/i1D3. The number of hydrogen-bond acceptors (Lipinski definition) is 4. The first-order valence-electron chi connectivity index (χ1n) is 7.71. The topological polar surface area (TPSA) is 56.8 Å². The number of rotatable bonds is 9. The van der Waals surface area contributed by atoms with E-state index in [4.69, 9.17) is 31.0 Å². The molecule has 1 aromatic rings. The van der Waals surface area contributed by atoms with Gasteiger partial charge >= 0.3 is 0 Å². The summed E-state index contributed by atoms with van der Waals surface area (Å²) in [5.74, 6) is 0. The molecule has 2 N–H and O–H groups in total. The van der Waals surface area contributed by atoms with Crippen LogP contribution < -0.4 is 5.73 Å². The Hall–Kier alpha value is -1.10. The van der Waals surface area contributed by atoms with Gasteiger partial charge in [-0.25, -0.2) is 0 Å². The molecule has 0 aliphatic heterocycles. The van der Waals surface area contributed by atoms with Crippen molar-refractivity contribution in [2.45, 2.75) is 19.3 Å². The Morgan fingerprint density at radius 1 is 1.32 bits per heavy atom. The molecule has 4 nitrogen and oxygen atoms in total. The molecule has 0 atom stereocenters. The summed E-state index contributed by atoms with van der Waals surface area (Å²) >= 11 is 5.87. The predicted molar refractivity (Wildman–Crippen MR) is 78.7 cm³/mol. The average Bonchev–Trinajstić information content (AvgIpc) is 2.45. The first kappa shape index (κ1) is 11.7. The molecular formula is C14H21ClN2O2. The van der Waals surface area contributed by atoms with Crippen molar-refractivity contribution in [2.24, 2.45) is 10.9 Å². The number of nitrogens with two attached hydrogens (primary N) is 1. The molecule has 0 saturated heterocycles. The lowest BCUT2D eigenvalue weighted by atomic mass is 10.1. The van der Waals surface area contributed by atoms with E-state index in [1.807, 2.05) is 12.1 Å². The molecule has 0 unspecified atom stereocenters. The van der Waals surface area contributed by atoms with Gasteiger partial charge in [-0.15, -0.1) is 0 Å². The van der Waals surface area contributed by atoms with Crippen LogP contribution in [0.4, 0.5) is 0 Å². The molecule has 0 radical (unpaired) electrons. The lowest BCUT2D eigenvalue weighted by molar-refractivity contribution is 0.151. The number of halogens is 1. The molecule has 0 spiro atoms. The van der Waals surface area contributed by atoms with E-state index >= 15 is 0 Å². The predicted octanol–water partition coefficient (Wildman–Crippen LogP) is 2.84. The van der Waals surface area contributed by atoms with Gasteiger partial charge < -0.3 is 15.3 Å². The first-order chi connectivity index (χ1) is 10.4. The van der Waals surface area contributed by atoms with Gasteiger partial charge in [0.2, 0.25) is 0 Å². The summed E-state index contributed by atoms with van der Waals surface area (Å²) in [4.78, 5) is 5.15. The van der Waals surface area contributed by atoms with E-state index < -0.39 is 7.04 Å². The van der Waals surface area contributed by atoms with Gasteiger partial charge in [0.15, 0.2) is 0 Å². The molecular weight excluding hydrogens is 264 g/mol. The highest BCUT2D eigenvalue weighted by Gasteiger charge is 2.05. The van der Waals surface area contributed by atoms with Crippen molar-refractivity contribution in [1.29, 1.82) is 0 Å². The summed E-state index contributed by atoms with van der Waals surface area (Å²) in [5.41, 5.74) is 7.06. The second-order valence-corrected chi connectivity index (χ2v) is 4.41. The lowest BCUT2D eigenvalue weighted by Crippen LogP contribution is -2.08. The third kappa shape index (κ3) is 6.57. The summed E-state index contributed by atoms with van der Waals surface area (Å²) in [6, 6.07) is 7.30. The minimum absolute atomic E-state index is 0.189. The van der Waals surface area contributed by atoms with E-state index in [9.17, 15) is 0 Å². The summed E-state index contributed by atoms with van der Waals surface area (Å²) in [6.45, 7) is 0.928. The lowest BCUT2D eigenvalue weighted by Gasteiger charge is -2.07. The first-order valence-corrected chi connectivity index (χ1v) is 6.59. The van der Waals surface area contributed by atoms with E-state index in [1.54, 1.807) is 12.1 Å². The van der Waals surface area contributed by atoms with Crippen LogP contribution in [0.5, 0.6) is 0 Å². The number of oxime groups is 1. The fraction of sp³-hybridized carbons (Fsp3) is 0.500. The third-order valence-corrected chi connectivity index (χ3v) is 2.72. The Balaban J connectivity index is 2.52. The maximum absolute atomic E-state index is 6.96. The third-order valence-electron chi connectivity index (χ3n) is 2.47. The zero-order valence-electron chi connectivity index (χ0n) is 13.8. The van der Waals surface area contributed by atoms with E-state index in [0.29, 0.717) is 31.0 Å². The second-order valence-electron chi connectivity index (χ2n) is 3.97. The molecule has 0 bridgehead atoms. The zero-order valence-corrected chi connectivity index (χ0v) is 11.5. The molecule has 0 aliphatic carbocycles. The van der Waals surface area contributed by atoms with Gasteiger partial charge in [-0.1, -0.05) is 28.9 Å². The quantitative estimate of drug-likeness (QED) is 0.432. The molecule has 0 aliphatic rings. The molecule has 0 fully saturated rings. The van der Waals surface area contributed by atoms with Crippen molar-refractivity contribution >= 4 is 17.3 Å². The van der Waals surface area contributed by atoms with Crippen molar-refractivity contribution in [2.75, 3.05) is 26.8 Å². The minimum atomic E-state index is -2.34. The summed E-state index contributed by atoms with van der Waals surface area (Å²) in [5, 5.41) is 4.75. The smallest absolute Gasteiger partial charge is 0.129 e. The van der Waals surface area contributed by atoms with Crippen molar-refractivity contribution < 1.29 is 13.7 Å². The Kier molecular flexibility index (Phi) is 6.03. The Morgan fingerprint density at radius 3 is 2.79 bits per heavy atom. The second kappa shape index (κ2) is 9.78. The minimum Gasteiger partial charge on any atom is -0.394 e. The van der Waals surface area contributed by atoms with E-state index in [1.165, 1.54) is 0 Å². The van der Waals surface area contributed by atoms with Gasteiger partial charge in [0, 0.05) is 25.2 Å². The van der Waals surface area contributed by atoms with Gasteiger partial charge in [0.25, 0.3) is 0 Å². The average molecular weight is 288 g/mol. The van der Waals surface area contributed by atoms with Crippen LogP contribution in [0.25, 0.3) is 0 Å². The highest BCUT2D eigenvalue weighted by Crippen LogP contribution is 2.13. The molecule has 106 valence electrons. The van der Waals surface area contributed by atoms with Crippen LogP contribution in [-0.4, -0.2) is 32.5 Å².